The largest absolute Gasteiger partial charge is 0.493 e. The molecule has 178 valence electrons. The number of amides is 1. The van der Waals surface area contributed by atoms with Gasteiger partial charge in [-0.2, -0.15) is 5.10 Å². The number of fused-ring (bicyclic) bond motifs is 1. The monoisotopic (exact) mass is 528 g/mol. The van der Waals surface area contributed by atoms with E-state index in [0.717, 1.165) is 10.1 Å². The molecule has 0 saturated carbocycles. The summed E-state index contributed by atoms with van der Waals surface area (Å²) in [5, 5.41) is 5.57. The number of ether oxygens (including phenoxy) is 3. The fourth-order valence-corrected chi connectivity index (χ4v) is 4.62. The summed E-state index contributed by atoms with van der Waals surface area (Å²) in [6, 6.07) is 19.0. The van der Waals surface area contributed by atoms with Gasteiger partial charge in [0.05, 0.1) is 18.3 Å². The number of thiophene rings is 1. The van der Waals surface area contributed by atoms with Crippen LogP contribution in [0.15, 0.2) is 71.8 Å². The number of benzene rings is 3. The summed E-state index contributed by atoms with van der Waals surface area (Å²) in [6.45, 7) is -0.226. The van der Waals surface area contributed by atoms with Crippen LogP contribution < -0.4 is 19.6 Å². The van der Waals surface area contributed by atoms with Gasteiger partial charge in [0.1, 0.15) is 10.6 Å². The zero-order valence-corrected chi connectivity index (χ0v) is 20.6. The Bertz CT molecular complexity index is 1420. The molecule has 1 amide bonds. The van der Waals surface area contributed by atoms with Crippen molar-refractivity contribution in [2.24, 2.45) is 5.10 Å². The normalized spacial score (nSPS) is 10.9. The maximum atomic E-state index is 12.7. The molecule has 0 fully saturated rings. The molecule has 0 aliphatic carbocycles. The molecular formula is C25H18Cl2N2O5S. The van der Waals surface area contributed by atoms with Crippen molar-refractivity contribution in [2.45, 2.75) is 0 Å². The average Bonchev–Trinajstić information content (AvgIpc) is 3.20. The van der Waals surface area contributed by atoms with Crippen molar-refractivity contribution in [1.29, 1.82) is 0 Å². The van der Waals surface area contributed by atoms with Crippen molar-refractivity contribution in [1.82, 2.24) is 5.43 Å². The number of carbonyl (C=O) groups is 2. The number of hydrogen-bond donors (Lipinski definition) is 1. The average molecular weight is 529 g/mol. The van der Waals surface area contributed by atoms with Gasteiger partial charge < -0.3 is 14.2 Å². The van der Waals surface area contributed by atoms with E-state index >= 15 is 0 Å². The lowest BCUT2D eigenvalue weighted by molar-refractivity contribution is -0.123. The van der Waals surface area contributed by atoms with E-state index in [2.05, 4.69) is 10.5 Å². The molecule has 35 heavy (non-hydrogen) atoms. The topological polar surface area (TPSA) is 86.2 Å². The molecule has 0 bridgehead atoms. The van der Waals surface area contributed by atoms with E-state index in [1.807, 2.05) is 24.3 Å². The predicted octanol–water partition coefficient (Wildman–Crippen LogP) is 5.97. The summed E-state index contributed by atoms with van der Waals surface area (Å²) >= 11 is 13.5. The summed E-state index contributed by atoms with van der Waals surface area (Å²) < 4.78 is 17.1. The Morgan fingerprint density at radius 1 is 1.03 bits per heavy atom. The summed E-state index contributed by atoms with van der Waals surface area (Å²) in [5.74, 6) is -0.0115. The highest BCUT2D eigenvalue weighted by molar-refractivity contribution is 7.21. The lowest BCUT2D eigenvalue weighted by Gasteiger charge is -2.09. The van der Waals surface area contributed by atoms with Crippen molar-refractivity contribution in [3.05, 3.63) is 87.2 Å². The maximum Gasteiger partial charge on any atom is 0.355 e. The first-order valence-corrected chi connectivity index (χ1v) is 11.8. The third kappa shape index (κ3) is 6.10. The van der Waals surface area contributed by atoms with Crippen molar-refractivity contribution < 1.29 is 23.8 Å². The molecule has 4 aromatic rings. The van der Waals surface area contributed by atoms with Crippen LogP contribution in [0.4, 0.5) is 0 Å². The number of carbonyl (C=O) groups excluding carboxylic acids is 2. The number of esters is 1. The lowest BCUT2D eigenvalue weighted by Crippen LogP contribution is -2.24. The molecule has 0 spiro atoms. The SMILES string of the molecule is COc1cc(/C=N/NC(=O)COc2cccc(Cl)c2)ccc1OC(=O)c1sc2ccccc2c1Cl. The maximum absolute atomic E-state index is 12.7. The van der Waals surface area contributed by atoms with E-state index in [-0.39, 0.29) is 12.4 Å². The number of rotatable bonds is 8. The molecule has 0 saturated heterocycles. The number of nitrogens with zero attached hydrogens (tertiary/aromatic N) is 1. The van der Waals surface area contributed by atoms with E-state index in [9.17, 15) is 9.59 Å². The summed E-state index contributed by atoms with van der Waals surface area (Å²) in [6.07, 6.45) is 1.42. The van der Waals surface area contributed by atoms with Gasteiger partial charge in [-0.15, -0.1) is 11.3 Å². The molecular weight excluding hydrogens is 511 g/mol. The number of nitrogens with one attached hydrogen (secondary N) is 1. The predicted molar refractivity (Wildman–Crippen MR) is 137 cm³/mol. The molecule has 0 radical (unpaired) electrons. The number of hydrogen-bond acceptors (Lipinski definition) is 7. The second kappa shape index (κ2) is 11.2. The molecule has 10 heteroatoms. The Balaban J connectivity index is 1.37. The van der Waals surface area contributed by atoms with Crippen LogP contribution >= 0.6 is 34.5 Å². The molecule has 0 aliphatic rings. The van der Waals surface area contributed by atoms with Gasteiger partial charge in [0.2, 0.25) is 0 Å². The van der Waals surface area contributed by atoms with Gasteiger partial charge in [-0.25, -0.2) is 10.2 Å². The number of hydrazone groups is 1. The van der Waals surface area contributed by atoms with E-state index < -0.39 is 11.9 Å². The molecule has 1 heterocycles. The smallest absolute Gasteiger partial charge is 0.355 e. The van der Waals surface area contributed by atoms with Crippen molar-refractivity contribution in [3.8, 4) is 17.2 Å². The van der Waals surface area contributed by atoms with Gasteiger partial charge in [0, 0.05) is 15.1 Å². The Labute approximate surface area is 214 Å². The Morgan fingerprint density at radius 3 is 2.63 bits per heavy atom. The molecule has 0 atom stereocenters. The standard InChI is InChI=1S/C25H18Cl2N2O5S/c1-32-20-11-15(13-28-29-22(30)14-33-17-6-4-5-16(26)12-17)9-10-19(20)34-25(31)24-23(27)18-7-2-3-8-21(18)35-24/h2-13H,14H2,1H3,(H,29,30)/b28-13+. The van der Waals surface area contributed by atoms with Crippen LogP contribution in [0.2, 0.25) is 10.0 Å². The third-order valence-corrected chi connectivity index (χ3v) is 6.57. The van der Waals surface area contributed by atoms with E-state index in [4.69, 9.17) is 37.4 Å². The van der Waals surface area contributed by atoms with Gasteiger partial charge in [0.15, 0.2) is 18.1 Å². The fraction of sp³-hybridized carbons (Fsp3) is 0.0800. The Kier molecular flexibility index (Phi) is 7.87. The van der Waals surface area contributed by atoms with E-state index in [1.165, 1.54) is 24.7 Å². The minimum atomic E-state index is -0.581. The highest BCUT2D eigenvalue weighted by atomic mass is 35.5. The summed E-state index contributed by atoms with van der Waals surface area (Å²) in [5.41, 5.74) is 2.98. The van der Waals surface area contributed by atoms with Crippen LogP contribution in [-0.2, 0) is 4.79 Å². The fourth-order valence-electron chi connectivity index (χ4n) is 3.06. The van der Waals surface area contributed by atoms with Crippen LogP contribution in [0.3, 0.4) is 0 Å². The minimum absolute atomic E-state index is 0.224. The van der Waals surface area contributed by atoms with Gasteiger partial charge >= 0.3 is 5.97 Å². The summed E-state index contributed by atoms with van der Waals surface area (Å²) in [4.78, 5) is 25.0. The number of methoxy groups -OCH3 is 1. The molecule has 1 aromatic heterocycles. The third-order valence-electron chi connectivity index (χ3n) is 4.68. The highest BCUT2D eigenvalue weighted by Gasteiger charge is 2.20. The van der Waals surface area contributed by atoms with Gasteiger partial charge in [0.25, 0.3) is 5.91 Å². The Hall–Kier alpha value is -3.59. The molecule has 4 rings (SSSR count). The molecule has 0 unspecified atom stereocenters. The van der Waals surface area contributed by atoms with Crippen molar-refractivity contribution in [3.63, 3.8) is 0 Å². The minimum Gasteiger partial charge on any atom is -0.493 e. The van der Waals surface area contributed by atoms with Crippen LogP contribution in [0.5, 0.6) is 17.2 Å². The van der Waals surface area contributed by atoms with Gasteiger partial charge in [-0.05, 0) is 48.0 Å². The second-order valence-corrected chi connectivity index (χ2v) is 8.95. The van der Waals surface area contributed by atoms with Crippen LogP contribution in [0.25, 0.3) is 10.1 Å². The zero-order valence-electron chi connectivity index (χ0n) is 18.3. The quantitative estimate of drug-likeness (QED) is 0.132. The molecule has 0 aliphatic heterocycles. The first-order chi connectivity index (χ1) is 16.9. The van der Waals surface area contributed by atoms with Gasteiger partial charge in [-0.3, -0.25) is 4.79 Å². The first-order valence-electron chi connectivity index (χ1n) is 10.2. The van der Waals surface area contributed by atoms with E-state index in [0.29, 0.717) is 32.0 Å². The zero-order chi connectivity index (χ0) is 24.8. The van der Waals surface area contributed by atoms with Crippen LogP contribution in [-0.4, -0.2) is 31.8 Å². The van der Waals surface area contributed by atoms with Crippen LogP contribution in [0.1, 0.15) is 15.2 Å². The summed E-state index contributed by atoms with van der Waals surface area (Å²) in [7, 11) is 1.45. The number of halogens is 2. The highest BCUT2D eigenvalue weighted by Crippen LogP contribution is 2.37. The lowest BCUT2D eigenvalue weighted by atomic mass is 10.2. The molecule has 3 aromatic carbocycles. The molecule has 1 N–H and O–H groups in total. The molecule has 7 nitrogen and oxygen atoms in total. The Morgan fingerprint density at radius 2 is 1.86 bits per heavy atom. The first kappa shape index (κ1) is 24.5. The van der Waals surface area contributed by atoms with Crippen molar-refractivity contribution in [2.75, 3.05) is 13.7 Å². The van der Waals surface area contributed by atoms with Gasteiger partial charge in [-0.1, -0.05) is 47.5 Å². The van der Waals surface area contributed by atoms with E-state index in [1.54, 1.807) is 42.5 Å². The second-order valence-electron chi connectivity index (χ2n) is 7.08. The van der Waals surface area contributed by atoms with Crippen molar-refractivity contribution >= 4 is 62.7 Å². The van der Waals surface area contributed by atoms with Crippen LogP contribution in [0, 0.1) is 0 Å².